The standard InChI is InChI=1S/C41H56N4O3/c1-2-3-4-5-6-7-17-28-45-29-18-19-34(33-45)31-43-38(46)26-27-42-40(48)32-44-39(47)30-41(35-20-11-8-12-21-35,36-22-13-9-14-23-36)37-24-15-10-16-25-37/h8-16,20-25,34H,2-7,17-19,26-33H2,1H3,(H,42,48)(H,43,46)(H,44,47)/t34-/m1/s1. The maximum absolute atomic E-state index is 13.5. The molecule has 7 nitrogen and oxygen atoms in total. The number of amides is 3. The van der Waals surface area contributed by atoms with Crippen molar-refractivity contribution in [2.45, 2.75) is 83.0 Å². The molecule has 3 aromatic rings. The fraction of sp³-hybridized carbons (Fsp3) is 0.488. The van der Waals surface area contributed by atoms with Gasteiger partial charge in [-0.25, -0.2) is 0 Å². The van der Waals surface area contributed by atoms with Gasteiger partial charge in [0.2, 0.25) is 17.7 Å². The van der Waals surface area contributed by atoms with E-state index in [2.05, 4.69) is 27.8 Å². The molecule has 1 saturated heterocycles. The van der Waals surface area contributed by atoms with Crippen LogP contribution >= 0.6 is 0 Å². The average molecular weight is 653 g/mol. The topological polar surface area (TPSA) is 90.5 Å². The molecule has 7 heteroatoms. The summed E-state index contributed by atoms with van der Waals surface area (Å²) in [7, 11) is 0. The second-order valence-corrected chi connectivity index (χ2v) is 13.3. The molecule has 0 saturated carbocycles. The SMILES string of the molecule is CCCCCCCCCN1CCC[C@H](CNC(=O)CCNC(=O)CNC(=O)CC(c2ccccc2)(c2ccccc2)c2ccccc2)C1. The molecule has 0 radical (unpaired) electrons. The Balaban J connectivity index is 1.19. The molecule has 0 unspecified atom stereocenters. The molecule has 1 fully saturated rings. The van der Waals surface area contributed by atoms with Crippen molar-refractivity contribution in [1.82, 2.24) is 20.9 Å². The van der Waals surface area contributed by atoms with Crippen LogP contribution in [0.4, 0.5) is 0 Å². The lowest BCUT2D eigenvalue weighted by Crippen LogP contribution is -2.43. The smallest absolute Gasteiger partial charge is 0.239 e. The fourth-order valence-corrected chi connectivity index (χ4v) is 6.99. The predicted molar refractivity (Wildman–Crippen MR) is 195 cm³/mol. The van der Waals surface area contributed by atoms with Crippen molar-refractivity contribution in [2.75, 3.05) is 39.3 Å². The minimum Gasteiger partial charge on any atom is -0.356 e. The number of nitrogens with zero attached hydrogens (tertiary/aromatic N) is 1. The Hall–Kier alpha value is -3.97. The van der Waals surface area contributed by atoms with Gasteiger partial charge in [-0.2, -0.15) is 0 Å². The van der Waals surface area contributed by atoms with Gasteiger partial charge in [0.1, 0.15) is 0 Å². The molecule has 3 amide bonds. The van der Waals surface area contributed by atoms with E-state index >= 15 is 0 Å². The van der Waals surface area contributed by atoms with Crippen LogP contribution in [0, 0.1) is 5.92 Å². The maximum Gasteiger partial charge on any atom is 0.239 e. The lowest BCUT2D eigenvalue weighted by atomic mass is 9.67. The highest BCUT2D eigenvalue weighted by Gasteiger charge is 2.38. The van der Waals surface area contributed by atoms with E-state index in [1.807, 2.05) is 91.0 Å². The third-order valence-corrected chi connectivity index (χ3v) is 9.61. The van der Waals surface area contributed by atoms with Crippen LogP contribution in [0.2, 0.25) is 0 Å². The summed E-state index contributed by atoms with van der Waals surface area (Å²) in [5.41, 5.74) is 2.28. The minimum atomic E-state index is -0.730. The third kappa shape index (κ3) is 11.6. The van der Waals surface area contributed by atoms with Crippen molar-refractivity contribution in [3.05, 3.63) is 108 Å². The number of nitrogens with one attached hydrogen (secondary N) is 3. The number of carbonyl (C=O) groups excluding carboxylic acids is 3. The van der Waals surface area contributed by atoms with Crippen LogP contribution < -0.4 is 16.0 Å². The van der Waals surface area contributed by atoms with Gasteiger partial charge in [0.25, 0.3) is 0 Å². The Morgan fingerprint density at radius 2 is 1.25 bits per heavy atom. The predicted octanol–water partition coefficient (Wildman–Crippen LogP) is 6.61. The molecule has 0 spiro atoms. The zero-order valence-corrected chi connectivity index (χ0v) is 28.9. The van der Waals surface area contributed by atoms with Gasteiger partial charge in [-0.1, -0.05) is 136 Å². The largest absolute Gasteiger partial charge is 0.356 e. The van der Waals surface area contributed by atoms with Crippen molar-refractivity contribution in [2.24, 2.45) is 5.92 Å². The van der Waals surface area contributed by atoms with Gasteiger partial charge in [0.15, 0.2) is 0 Å². The van der Waals surface area contributed by atoms with Gasteiger partial charge in [-0.05, 0) is 55.0 Å². The summed E-state index contributed by atoms with van der Waals surface area (Å²) in [6.07, 6.45) is 12.0. The molecular formula is C41H56N4O3. The highest BCUT2D eigenvalue weighted by atomic mass is 16.2. The molecule has 258 valence electrons. The van der Waals surface area contributed by atoms with E-state index in [0.717, 1.165) is 42.7 Å². The zero-order valence-electron chi connectivity index (χ0n) is 28.9. The first-order valence-corrected chi connectivity index (χ1v) is 18.2. The molecule has 1 atom stereocenters. The van der Waals surface area contributed by atoms with Gasteiger partial charge >= 0.3 is 0 Å². The first-order chi connectivity index (χ1) is 23.5. The van der Waals surface area contributed by atoms with Crippen LogP contribution in [0.3, 0.4) is 0 Å². The van der Waals surface area contributed by atoms with Crippen LogP contribution in [0.1, 0.15) is 94.2 Å². The first kappa shape index (κ1) is 36.9. The Bertz CT molecular complexity index is 1270. The van der Waals surface area contributed by atoms with E-state index in [0.29, 0.717) is 12.5 Å². The third-order valence-electron chi connectivity index (χ3n) is 9.61. The monoisotopic (exact) mass is 652 g/mol. The van der Waals surface area contributed by atoms with Gasteiger partial charge in [0, 0.05) is 32.5 Å². The molecule has 1 heterocycles. The number of carbonyl (C=O) groups is 3. The Labute approximate surface area is 288 Å². The second kappa shape index (κ2) is 20.4. The first-order valence-electron chi connectivity index (χ1n) is 18.2. The van der Waals surface area contributed by atoms with E-state index in [9.17, 15) is 14.4 Å². The van der Waals surface area contributed by atoms with Gasteiger partial charge in [0.05, 0.1) is 12.0 Å². The molecule has 0 bridgehead atoms. The number of hydrogen-bond donors (Lipinski definition) is 3. The van der Waals surface area contributed by atoms with Crippen LogP contribution in [-0.4, -0.2) is 61.9 Å². The van der Waals surface area contributed by atoms with Gasteiger partial charge < -0.3 is 20.9 Å². The molecule has 48 heavy (non-hydrogen) atoms. The highest BCUT2D eigenvalue weighted by Crippen LogP contribution is 2.42. The van der Waals surface area contributed by atoms with Gasteiger partial charge in [-0.3, -0.25) is 14.4 Å². The van der Waals surface area contributed by atoms with Crippen LogP contribution in [0.25, 0.3) is 0 Å². The van der Waals surface area contributed by atoms with Crippen molar-refractivity contribution in [3.63, 3.8) is 0 Å². The molecule has 4 rings (SSSR count). The van der Waals surface area contributed by atoms with Crippen molar-refractivity contribution < 1.29 is 14.4 Å². The Morgan fingerprint density at radius 1 is 0.688 bits per heavy atom. The molecule has 0 aliphatic carbocycles. The Morgan fingerprint density at radius 3 is 1.83 bits per heavy atom. The minimum absolute atomic E-state index is 0.0538. The highest BCUT2D eigenvalue weighted by molar-refractivity contribution is 5.86. The van der Waals surface area contributed by atoms with Crippen molar-refractivity contribution in [3.8, 4) is 0 Å². The molecule has 3 aromatic carbocycles. The number of likely N-dealkylation sites (tertiary alicyclic amines) is 1. The molecular weight excluding hydrogens is 596 g/mol. The van der Waals surface area contributed by atoms with E-state index in [4.69, 9.17) is 0 Å². The summed E-state index contributed by atoms with van der Waals surface area (Å²) in [6.45, 7) is 6.40. The summed E-state index contributed by atoms with van der Waals surface area (Å²) in [6, 6.07) is 30.1. The number of unbranched alkanes of at least 4 members (excludes halogenated alkanes) is 6. The van der Waals surface area contributed by atoms with E-state index in [-0.39, 0.29) is 43.7 Å². The molecule has 0 aromatic heterocycles. The normalized spacial score (nSPS) is 15.1. The van der Waals surface area contributed by atoms with E-state index < -0.39 is 5.41 Å². The summed E-state index contributed by atoms with van der Waals surface area (Å²) >= 11 is 0. The summed E-state index contributed by atoms with van der Waals surface area (Å²) < 4.78 is 0. The van der Waals surface area contributed by atoms with Gasteiger partial charge in [-0.15, -0.1) is 0 Å². The number of benzene rings is 3. The van der Waals surface area contributed by atoms with Crippen molar-refractivity contribution in [1.29, 1.82) is 0 Å². The lowest BCUT2D eigenvalue weighted by molar-refractivity contribution is -0.126. The van der Waals surface area contributed by atoms with E-state index in [1.165, 1.54) is 51.4 Å². The fourth-order valence-electron chi connectivity index (χ4n) is 6.99. The lowest BCUT2D eigenvalue weighted by Gasteiger charge is -2.35. The quantitative estimate of drug-likeness (QED) is 0.0947. The molecule has 1 aliphatic heterocycles. The van der Waals surface area contributed by atoms with Crippen LogP contribution in [-0.2, 0) is 19.8 Å². The molecule has 3 N–H and O–H groups in total. The van der Waals surface area contributed by atoms with Crippen molar-refractivity contribution >= 4 is 17.7 Å². The Kier molecular flexibility index (Phi) is 15.7. The summed E-state index contributed by atoms with van der Waals surface area (Å²) in [4.78, 5) is 41.3. The maximum atomic E-state index is 13.5. The van der Waals surface area contributed by atoms with Crippen LogP contribution in [0.5, 0.6) is 0 Å². The number of hydrogen-bond acceptors (Lipinski definition) is 4. The number of piperidine rings is 1. The van der Waals surface area contributed by atoms with E-state index in [1.54, 1.807) is 0 Å². The molecule has 1 aliphatic rings. The second-order valence-electron chi connectivity index (χ2n) is 13.3. The summed E-state index contributed by atoms with van der Waals surface area (Å²) in [5, 5.41) is 8.70. The van der Waals surface area contributed by atoms with Crippen LogP contribution in [0.15, 0.2) is 91.0 Å². The zero-order chi connectivity index (χ0) is 33.9. The summed E-state index contributed by atoms with van der Waals surface area (Å²) in [5.74, 6) is -0.115. The average Bonchev–Trinajstić information content (AvgIpc) is 3.13. The number of rotatable bonds is 20.